The summed E-state index contributed by atoms with van der Waals surface area (Å²) in [7, 11) is 1.23. The maximum absolute atomic E-state index is 14.2. The van der Waals surface area contributed by atoms with Gasteiger partial charge in [0.25, 0.3) is 0 Å². The molecule has 1 fully saturated rings. The Kier molecular flexibility index (Phi) is 7.52. The van der Waals surface area contributed by atoms with Gasteiger partial charge >= 0.3 is 11.8 Å². The van der Waals surface area contributed by atoms with E-state index in [1.165, 1.54) is 12.5 Å². The molecule has 4 N–H and O–H groups in total. The molecule has 0 aliphatic heterocycles. The smallest absolute Gasteiger partial charge is 0.338 e. The Morgan fingerprint density at radius 3 is 2.57 bits per heavy atom. The number of methoxy groups -OCH3 is 1. The molecule has 0 atom stereocenters. The fraction of sp³-hybridized carbons (Fsp3) is 0.385. The van der Waals surface area contributed by atoms with Gasteiger partial charge in [0.05, 0.1) is 18.1 Å². The molecule has 1 aliphatic carbocycles. The minimum Gasteiger partial charge on any atom is -0.494 e. The number of anilines is 1. The number of nitrogens with zero attached hydrogens (tertiary/aromatic N) is 2. The summed E-state index contributed by atoms with van der Waals surface area (Å²) in [6, 6.07) is 7.37. The minimum atomic E-state index is -1.97. The molecule has 3 aromatic rings. The van der Waals surface area contributed by atoms with Crippen LogP contribution in [0.1, 0.15) is 66.9 Å². The van der Waals surface area contributed by atoms with Crippen molar-refractivity contribution in [3.05, 3.63) is 58.2 Å². The lowest BCUT2D eigenvalue weighted by Crippen LogP contribution is -2.48. The number of hydrogen-bond acceptors (Lipinski definition) is 7. The van der Waals surface area contributed by atoms with Crippen LogP contribution in [0.3, 0.4) is 0 Å². The van der Waals surface area contributed by atoms with Gasteiger partial charge in [-0.2, -0.15) is 10.4 Å². The maximum Gasteiger partial charge on any atom is 0.338 e. The largest absolute Gasteiger partial charge is 0.494 e. The van der Waals surface area contributed by atoms with Crippen LogP contribution in [0, 0.1) is 11.2 Å². The first-order valence-corrected chi connectivity index (χ1v) is 12.7. The third-order valence-corrected chi connectivity index (χ3v) is 7.78. The van der Waals surface area contributed by atoms with Crippen molar-refractivity contribution in [3.8, 4) is 16.3 Å². The van der Waals surface area contributed by atoms with Gasteiger partial charge in [-0.25, -0.2) is 13.6 Å². The number of carbonyl (C=O) groups is 1. The van der Waals surface area contributed by atoms with E-state index in [1.807, 2.05) is 18.2 Å². The summed E-state index contributed by atoms with van der Waals surface area (Å²) >= 11 is 1.09. The fourth-order valence-corrected chi connectivity index (χ4v) is 5.54. The van der Waals surface area contributed by atoms with Crippen LogP contribution < -0.4 is 15.1 Å². The topological polar surface area (TPSA) is 112 Å². The quantitative estimate of drug-likeness (QED) is 0.183. The summed E-state index contributed by atoms with van der Waals surface area (Å²) in [6.45, 7) is 3.85. The molecule has 0 bridgehead atoms. The van der Waals surface area contributed by atoms with Crippen LogP contribution in [0.25, 0.3) is 10.6 Å². The molecule has 37 heavy (non-hydrogen) atoms. The molecule has 4 rings (SSSR count). The Bertz CT molecular complexity index is 1300. The van der Waals surface area contributed by atoms with Gasteiger partial charge in [-0.1, -0.05) is 32.0 Å². The van der Waals surface area contributed by atoms with Crippen LogP contribution in [-0.4, -0.2) is 33.6 Å². The fourth-order valence-electron chi connectivity index (χ4n) is 4.65. The van der Waals surface area contributed by atoms with Crippen molar-refractivity contribution in [2.45, 2.75) is 52.1 Å². The van der Waals surface area contributed by atoms with Crippen LogP contribution in [0.15, 0.2) is 35.7 Å². The van der Waals surface area contributed by atoms with Gasteiger partial charge in [0.15, 0.2) is 0 Å². The monoisotopic (exact) mass is 534 g/mol. The van der Waals surface area contributed by atoms with Gasteiger partial charge in [0.1, 0.15) is 33.9 Å². The van der Waals surface area contributed by atoms with Crippen LogP contribution in [0.5, 0.6) is 5.75 Å². The van der Waals surface area contributed by atoms with Crippen molar-refractivity contribution in [1.29, 1.82) is 0 Å². The molecule has 8 nitrogen and oxygen atoms in total. The van der Waals surface area contributed by atoms with Crippen LogP contribution in [0.2, 0.25) is 0 Å². The second kappa shape index (κ2) is 10.3. The number of aromatic nitrogens is 1. The number of halogens is 2. The number of thiazole rings is 1. The number of quaternary nitrogens is 1. The first-order valence-electron chi connectivity index (χ1n) is 11.8. The molecule has 1 saturated carbocycles. The zero-order valence-corrected chi connectivity index (χ0v) is 21.6. The highest BCUT2D eigenvalue weighted by molar-refractivity contribution is 7.13. The number of carboxylic acid groups (broad SMARTS) is 1. The molecule has 1 heterocycles. The molecule has 0 unspecified atom stereocenters. The van der Waals surface area contributed by atoms with E-state index in [9.17, 15) is 24.0 Å². The van der Waals surface area contributed by atoms with E-state index < -0.39 is 28.9 Å². The Hall–Kier alpha value is -3.12. The van der Waals surface area contributed by atoms with Crippen LogP contribution >= 0.6 is 11.3 Å². The van der Waals surface area contributed by atoms with E-state index in [0.29, 0.717) is 27.5 Å². The highest BCUT2D eigenvalue weighted by atomic mass is 32.1. The molecule has 1 aromatic heterocycles. The van der Waals surface area contributed by atoms with E-state index in [-0.39, 0.29) is 17.3 Å². The van der Waals surface area contributed by atoms with E-state index >= 15 is 0 Å². The third-order valence-electron chi connectivity index (χ3n) is 6.92. The van der Waals surface area contributed by atoms with Crippen molar-refractivity contribution in [1.82, 2.24) is 9.90 Å². The van der Waals surface area contributed by atoms with E-state index in [2.05, 4.69) is 24.3 Å². The molecule has 2 aromatic carbocycles. The zero-order chi connectivity index (χ0) is 27.0. The lowest BCUT2D eigenvalue weighted by Gasteiger charge is -2.34. The SMILES string of the molecule is COc1cc(C(=O)O)c(F)cc1N[N+](O)(O)c1csc(-c2ccc(C3CCC(C)(C)CC3)cc2CF)n1. The van der Waals surface area contributed by atoms with Crippen LogP contribution in [0.4, 0.5) is 20.3 Å². The molecule has 198 valence electrons. The minimum absolute atomic E-state index is 0.124. The van der Waals surface area contributed by atoms with Gasteiger partial charge in [0.2, 0.25) is 0 Å². The highest BCUT2D eigenvalue weighted by Crippen LogP contribution is 2.43. The van der Waals surface area contributed by atoms with Gasteiger partial charge in [-0.15, -0.1) is 21.8 Å². The van der Waals surface area contributed by atoms with Gasteiger partial charge in [0, 0.05) is 11.6 Å². The molecule has 1 aliphatic rings. The summed E-state index contributed by atoms with van der Waals surface area (Å²) in [5.74, 6) is -2.59. The van der Waals surface area contributed by atoms with Crippen molar-refractivity contribution < 1.29 is 33.8 Å². The molecule has 0 saturated heterocycles. The standard InChI is InChI=1S/C26H29F2N3O5S/c1-26(2)8-6-15(7-9-26)16-4-5-18(17(10-16)13-27)24-29-23(14-37-24)31(34,35)30-21-12-20(28)19(25(32)33)11-22(21)36-3/h4-5,10-12,14-15,30,34-35H,6-9,13H2,1-3H3/p+1. The first kappa shape index (κ1) is 26.9. The summed E-state index contributed by atoms with van der Waals surface area (Å²) < 4.78 is 33.3. The van der Waals surface area contributed by atoms with E-state index in [0.717, 1.165) is 54.7 Å². The third kappa shape index (κ3) is 5.74. The number of hydrogen-bond donors (Lipinski definition) is 4. The van der Waals surface area contributed by atoms with Crippen molar-refractivity contribution in [3.63, 3.8) is 0 Å². The number of rotatable bonds is 8. The molecule has 11 heteroatoms. The number of ether oxygens (including phenoxy) is 1. The highest BCUT2D eigenvalue weighted by Gasteiger charge is 2.34. The Morgan fingerprint density at radius 2 is 1.95 bits per heavy atom. The average molecular weight is 535 g/mol. The predicted molar refractivity (Wildman–Crippen MR) is 136 cm³/mol. The lowest BCUT2D eigenvalue weighted by molar-refractivity contribution is -0.274. The van der Waals surface area contributed by atoms with Crippen molar-refractivity contribution >= 4 is 28.8 Å². The lowest BCUT2D eigenvalue weighted by atomic mass is 9.71. The number of nitrogens with one attached hydrogen (secondary N) is 1. The number of aromatic carboxylic acids is 1. The molecule has 0 spiro atoms. The van der Waals surface area contributed by atoms with E-state index in [1.54, 1.807) is 0 Å². The zero-order valence-electron chi connectivity index (χ0n) is 20.8. The molecule has 0 radical (unpaired) electrons. The Morgan fingerprint density at radius 1 is 1.24 bits per heavy atom. The summed E-state index contributed by atoms with van der Waals surface area (Å²) in [5.41, 5.74) is 3.87. The Balaban J connectivity index is 1.58. The van der Waals surface area contributed by atoms with Crippen molar-refractivity contribution in [2.24, 2.45) is 5.41 Å². The molecule has 0 amide bonds. The van der Waals surface area contributed by atoms with Crippen molar-refractivity contribution in [2.75, 3.05) is 12.5 Å². The second-order valence-electron chi connectivity index (χ2n) is 10.1. The summed E-state index contributed by atoms with van der Waals surface area (Å²) in [4.78, 5) is 13.5. The number of benzene rings is 2. The Labute approximate surface area is 217 Å². The van der Waals surface area contributed by atoms with Gasteiger partial charge < -0.3 is 9.84 Å². The van der Waals surface area contributed by atoms with Crippen LogP contribution in [-0.2, 0) is 6.67 Å². The summed E-state index contributed by atoms with van der Waals surface area (Å²) in [5, 5.41) is 32.1. The van der Waals surface area contributed by atoms with E-state index in [4.69, 9.17) is 9.84 Å². The maximum atomic E-state index is 14.2. The molecular weight excluding hydrogens is 504 g/mol. The number of alkyl halides is 1. The van der Waals surface area contributed by atoms with Gasteiger partial charge in [-0.05, 0) is 54.2 Å². The summed E-state index contributed by atoms with van der Waals surface area (Å²) in [6.07, 6.45) is 4.34. The first-order chi connectivity index (χ1) is 17.4. The van der Waals surface area contributed by atoms with Gasteiger partial charge in [-0.3, -0.25) is 0 Å². The predicted octanol–water partition coefficient (Wildman–Crippen LogP) is 6.92. The molecular formula is C26H30F2N3O5S+. The average Bonchev–Trinajstić information content (AvgIpc) is 3.34. The normalized spacial score (nSPS) is 16.0. The second-order valence-corrected chi connectivity index (χ2v) is 10.9. The number of carboxylic acids is 1.